The van der Waals surface area contributed by atoms with Gasteiger partial charge in [-0.25, -0.2) is 4.39 Å². The molecule has 0 radical (unpaired) electrons. The van der Waals surface area contributed by atoms with Crippen molar-refractivity contribution in [1.82, 2.24) is 0 Å². The van der Waals surface area contributed by atoms with E-state index in [0.29, 0.717) is 21.5 Å². The number of rotatable bonds is 3. The Hall–Kier alpha value is -0.810. The maximum atomic E-state index is 13.9. The van der Waals surface area contributed by atoms with Crippen molar-refractivity contribution in [3.8, 4) is 11.5 Å². The summed E-state index contributed by atoms with van der Waals surface area (Å²) in [5.41, 5.74) is 5.94. The summed E-state index contributed by atoms with van der Waals surface area (Å²) in [5.74, 6) is 0.486. The largest absolute Gasteiger partial charge is 0.493 e. The van der Waals surface area contributed by atoms with Crippen molar-refractivity contribution in [3.05, 3.63) is 21.9 Å². The Bertz CT molecular complexity index is 432. The zero-order valence-electron chi connectivity index (χ0n) is 9.14. The van der Waals surface area contributed by atoms with Gasteiger partial charge in [0.05, 0.1) is 18.7 Å². The van der Waals surface area contributed by atoms with Crippen molar-refractivity contribution in [2.24, 2.45) is 5.73 Å². The molecule has 16 heavy (non-hydrogen) atoms. The van der Waals surface area contributed by atoms with Crippen LogP contribution in [0.4, 0.5) is 4.39 Å². The van der Waals surface area contributed by atoms with Crippen molar-refractivity contribution in [2.75, 3.05) is 14.2 Å². The molecule has 2 N–H and O–H groups in total. The summed E-state index contributed by atoms with van der Waals surface area (Å²) in [6.07, 6.45) is 1.58. The summed E-state index contributed by atoms with van der Waals surface area (Å²) >= 11 is 3.33. The molecule has 1 aliphatic carbocycles. The zero-order valence-corrected chi connectivity index (χ0v) is 10.7. The van der Waals surface area contributed by atoms with Crippen molar-refractivity contribution >= 4 is 15.9 Å². The molecule has 1 saturated carbocycles. The van der Waals surface area contributed by atoms with E-state index in [9.17, 15) is 4.39 Å². The standard InChI is InChI=1S/C11H13BrFNO2/c1-15-7-5-6(13)8(11(14)3-4-11)9(12)10(7)16-2/h5H,3-4,14H2,1-2H3. The van der Waals surface area contributed by atoms with Crippen LogP contribution in [0, 0.1) is 5.82 Å². The van der Waals surface area contributed by atoms with Gasteiger partial charge in [-0.3, -0.25) is 0 Å². The van der Waals surface area contributed by atoms with E-state index in [4.69, 9.17) is 15.2 Å². The van der Waals surface area contributed by atoms with Gasteiger partial charge in [-0.2, -0.15) is 0 Å². The highest BCUT2D eigenvalue weighted by Crippen LogP contribution is 2.51. The molecule has 0 unspecified atom stereocenters. The molecule has 2 rings (SSSR count). The Kier molecular flexibility index (Phi) is 2.84. The molecule has 0 aromatic heterocycles. The van der Waals surface area contributed by atoms with E-state index in [1.165, 1.54) is 20.3 Å². The summed E-state index contributed by atoms with van der Waals surface area (Å²) < 4.78 is 24.7. The fourth-order valence-corrected chi connectivity index (χ4v) is 2.70. The number of methoxy groups -OCH3 is 2. The first-order valence-electron chi connectivity index (χ1n) is 4.93. The predicted octanol–water partition coefficient (Wildman–Crippen LogP) is 2.55. The zero-order chi connectivity index (χ0) is 11.9. The number of hydrogen-bond acceptors (Lipinski definition) is 3. The van der Waals surface area contributed by atoms with Crippen LogP contribution in [0.2, 0.25) is 0 Å². The van der Waals surface area contributed by atoms with Crippen molar-refractivity contribution in [3.63, 3.8) is 0 Å². The summed E-state index contributed by atoms with van der Waals surface area (Å²) in [4.78, 5) is 0. The highest BCUT2D eigenvalue weighted by atomic mass is 79.9. The van der Waals surface area contributed by atoms with E-state index in [0.717, 1.165) is 12.8 Å². The number of ether oxygens (including phenoxy) is 2. The third-order valence-corrected chi connectivity index (χ3v) is 3.61. The van der Waals surface area contributed by atoms with Crippen LogP contribution in [0.25, 0.3) is 0 Å². The topological polar surface area (TPSA) is 44.5 Å². The Balaban J connectivity index is 2.62. The van der Waals surface area contributed by atoms with Crippen LogP contribution in [0.3, 0.4) is 0 Å². The molecule has 3 nitrogen and oxygen atoms in total. The van der Waals surface area contributed by atoms with Crippen molar-refractivity contribution < 1.29 is 13.9 Å². The highest BCUT2D eigenvalue weighted by Gasteiger charge is 2.44. The number of nitrogens with two attached hydrogens (primary N) is 1. The van der Waals surface area contributed by atoms with Gasteiger partial charge in [0.25, 0.3) is 0 Å². The lowest BCUT2D eigenvalue weighted by atomic mass is 10.0. The van der Waals surface area contributed by atoms with Gasteiger partial charge in [0.2, 0.25) is 0 Å². The Labute approximate surface area is 102 Å². The van der Waals surface area contributed by atoms with Crippen LogP contribution < -0.4 is 15.2 Å². The molecular weight excluding hydrogens is 277 g/mol. The molecule has 0 aliphatic heterocycles. The maximum Gasteiger partial charge on any atom is 0.175 e. The Morgan fingerprint density at radius 2 is 2.00 bits per heavy atom. The van der Waals surface area contributed by atoms with Crippen LogP contribution in [-0.4, -0.2) is 14.2 Å². The van der Waals surface area contributed by atoms with Gasteiger partial charge in [0, 0.05) is 17.2 Å². The molecule has 0 heterocycles. The molecule has 5 heteroatoms. The molecule has 1 fully saturated rings. The highest BCUT2D eigenvalue weighted by molar-refractivity contribution is 9.10. The molecule has 0 spiro atoms. The third kappa shape index (κ3) is 1.68. The van der Waals surface area contributed by atoms with E-state index < -0.39 is 5.54 Å². The first kappa shape index (κ1) is 11.7. The molecule has 1 aliphatic rings. The van der Waals surface area contributed by atoms with Gasteiger partial charge < -0.3 is 15.2 Å². The quantitative estimate of drug-likeness (QED) is 0.930. The summed E-state index contributed by atoms with van der Waals surface area (Å²) in [6.45, 7) is 0. The lowest BCUT2D eigenvalue weighted by molar-refractivity contribution is 0.348. The fraction of sp³-hybridized carbons (Fsp3) is 0.455. The van der Waals surface area contributed by atoms with E-state index in [2.05, 4.69) is 15.9 Å². The van der Waals surface area contributed by atoms with Gasteiger partial charge in [0.15, 0.2) is 11.5 Å². The Morgan fingerprint density at radius 3 is 2.44 bits per heavy atom. The fourth-order valence-electron chi connectivity index (χ4n) is 1.76. The van der Waals surface area contributed by atoms with E-state index in [1.54, 1.807) is 0 Å². The van der Waals surface area contributed by atoms with Crippen LogP contribution >= 0.6 is 15.9 Å². The summed E-state index contributed by atoms with van der Waals surface area (Å²) in [6, 6.07) is 1.31. The first-order chi connectivity index (χ1) is 7.53. The smallest absolute Gasteiger partial charge is 0.175 e. The minimum absolute atomic E-state index is 0.357. The second-order valence-electron chi connectivity index (χ2n) is 3.94. The minimum atomic E-state index is -0.553. The minimum Gasteiger partial charge on any atom is -0.493 e. The van der Waals surface area contributed by atoms with Gasteiger partial charge in [-0.05, 0) is 28.8 Å². The molecule has 0 bridgehead atoms. The lowest BCUT2D eigenvalue weighted by Gasteiger charge is -2.17. The number of benzene rings is 1. The summed E-state index contributed by atoms with van der Waals surface area (Å²) in [7, 11) is 2.99. The van der Waals surface area contributed by atoms with Gasteiger partial charge in [0.1, 0.15) is 5.82 Å². The van der Waals surface area contributed by atoms with E-state index >= 15 is 0 Å². The molecule has 88 valence electrons. The van der Waals surface area contributed by atoms with E-state index in [1.807, 2.05) is 0 Å². The molecule has 1 aromatic carbocycles. The molecule has 0 atom stereocenters. The van der Waals surface area contributed by atoms with Crippen LogP contribution in [-0.2, 0) is 5.54 Å². The van der Waals surface area contributed by atoms with Crippen LogP contribution in [0.15, 0.2) is 10.5 Å². The van der Waals surface area contributed by atoms with Gasteiger partial charge >= 0.3 is 0 Å². The third-order valence-electron chi connectivity index (χ3n) is 2.85. The second kappa shape index (κ2) is 3.89. The second-order valence-corrected chi connectivity index (χ2v) is 4.73. The average molecular weight is 290 g/mol. The van der Waals surface area contributed by atoms with Crippen molar-refractivity contribution in [2.45, 2.75) is 18.4 Å². The molecule has 0 amide bonds. The molecule has 0 saturated heterocycles. The summed E-state index contributed by atoms with van der Waals surface area (Å²) in [5, 5.41) is 0. The van der Waals surface area contributed by atoms with Crippen molar-refractivity contribution in [1.29, 1.82) is 0 Å². The average Bonchev–Trinajstić information content (AvgIpc) is 2.96. The van der Waals surface area contributed by atoms with Gasteiger partial charge in [-0.15, -0.1) is 0 Å². The van der Waals surface area contributed by atoms with Gasteiger partial charge in [-0.1, -0.05) is 0 Å². The van der Waals surface area contributed by atoms with Crippen LogP contribution in [0.5, 0.6) is 11.5 Å². The lowest BCUT2D eigenvalue weighted by Crippen LogP contribution is -2.21. The Morgan fingerprint density at radius 1 is 1.38 bits per heavy atom. The van der Waals surface area contributed by atoms with E-state index in [-0.39, 0.29) is 5.82 Å². The monoisotopic (exact) mass is 289 g/mol. The molecular formula is C11H13BrFNO2. The predicted molar refractivity (Wildman–Crippen MR) is 62.3 cm³/mol. The molecule has 1 aromatic rings. The normalized spacial score (nSPS) is 17.1. The maximum absolute atomic E-state index is 13.9. The number of halogens is 2. The number of hydrogen-bond donors (Lipinski definition) is 1. The SMILES string of the molecule is COc1cc(F)c(C2(N)CC2)c(Br)c1OC. The first-order valence-corrected chi connectivity index (χ1v) is 5.72. The van der Waals surface area contributed by atoms with Crippen LogP contribution in [0.1, 0.15) is 18.4 Å².